The van der Waals surface area contributed by atoms with E-state index in [0.717, 1.165) is 5.75 Å². The molecule has 36 heavy (non-hydrogen) atoms. The molecule has 1 aromatic carbocycles. The predicted octanol–water partition coefficient (Wildman–Crippen LogP) is 1.68. The molecule has 0 amide bonds. The Labute approximate surface area is 216 Å². The van der Waals surface area contributed by atoms with Crippen molar-refractivity contribution in [2.24, 2.45) is 0 Å². The van der Waals surface area contributed by atoms with Gasteiger partial charge >= 0.3 is 0 Å². The van der Waals surface area contributed by atoms with Gasteiger partial charge in [0, 0.05) is 0 Å². The van der Waals surface area contributed by atoms with Crippen LogP contribution in [0.3, 0.4) is 0 Å². The van der Waals surface area contributed by atoms with Crippen molar-refractivity contribution in [3.63, 3.8) is 0 Å². The summed E-state index contributed by atoms with van der Waals surface area (Å²) in [7, 11) is 0. The van der Waals surface area contributed by atoms with Crippen LogP contribution in [0.4, 0.5) is 0 Å². The third kappa shape index (κ3) is 24.4. The molecular formula is C26H48O10. The summed E-state index contributed by atoms with van der Waals surface area (Å²) in [6.07, 6.45) is -0.536. The van der Waals surface area contributed by atoms with Crippen molar-refractivity contribution < 1.29 is 48.5 Å². The van der Waals surface area contributed by atoms with E-state index in [1.54, 1.807) is 6.92 Å². The highest BCUT2D eigenvalue weighted by molar-refractivity contribution is 5.20. The largest absolute Gasteiger partial charge is 0.491 e. The van der Waals surface area contributed by atoms with E-state index < -0.39 is 6.10 Å². The number of para-hydroxylation sites is 1. The molecule has 0 spiro atoms. The van der Waals surface area contributed by atoms with Crippen LogP contribution in [-0.2, 0) is 28.4 Å². The maximum atomic E-state index is 9.16. The molecule has 0 aliphatic rings. The van der Waals surface area contributed by atoms with Crippen molar-refractivity contribution in [3.8, 4) is 5.75 Å². The minimum absolute atomic E-state index is 0.00910. The van der Waals surface area contributed by atoms with Gasteiger partial charge in [-0.3, -0.25) is 0 Å². The summed E-state index contributed by atoms with van der Waals surface area (Å²) in [6.45, 7) is 12.1. The van der Waals surface area contributed by atoms with Crippen molar-refractivity contribution in [2.45, 2.75) is 52.1 Å². The van der Waals surface area contributed by atoms with Crippen LogP contribution in [0.15, 0.2) is 30.3 Å². The lowest BCUT2D eigenvalue weighted by Gasteiger charge is -2.20. The van der Waals surface area contributed by atoms with Crippen LogP contribution in [0.25, 0.3) is 0 Å². The summed E-state index contributed by atoms with van der Waals surface area (Å²) >= 11 is 0. The number of benzene rings is 1. The van der Waals surface area contributed by atoms with Crippen molar-refractivity contribution in [3.05, 3.63) is 30.3 Å². The summed E-state index contributed by atoms with van der Waals surface area (Å²) in [4.78, 5) is 0. The fourth-order valence-electron chi connectivity index (χ4n) is 2.45. The smallest absolute Gasteiger partial charge is 0.119 e. The van der Waals surface area contributed by atoms with E-state index in [0.29, 0.717) is 66.1 Å². The predicted molar refractivity (Wildman–Crippen MR) is 136 cm³/mol. The van der Waals surface area contributed by atoms with E-state index in [9.17, 15) is 0 Å². The molecule has 212 valence electrons. The Morgan fingerprint density at radius 2 is 1.00 bits per heavy atom. The summed E-state index contributed by atoms with van der Waals surface area (Å²) in [5.41, 5.74) is 0. The van der Waals surface area contributed by atoms with Crippen molar-refractivity contribution >= 4 is 0 Å². The molecule has 0 saturated heterocycles. The molecule has 0 heterocycles. The molecule has 0 radical (unpaired) electrons. The van der Waals surface area contributed by atoms with Gasteiger partial charge < -0.3 is 48.5 Å². The molecule has 4 atom stereocenters. The van der Waals surface area contributed by atoms with E-state index in [4.69, 9.17) is 48.5 Å². The highest BCUT2D eigenvalue weighted by Crippen LogP contribution is 2.09. The van der Waals surface area contributed by atoms with Crippen LogP contribution in [0.1, 0.15) is 27.7 Å². The molecule has 10 nitrogen and oxygen atoms in total. The minimum atomic E-state index is -0.455. The van der Waals surface area contributed by atoms with Gasteiger partial charge in [0.25, 0.3) is 0 Å². The van der Waals surface area contributed by atoms with Crippen LogP contribution < -0.4 is 4.74 Å². The first kappa shape index (κ1) is 34.7. The lowest BCUT2D eigenvalue weighted by Crippen LogP contribution is -2.28. The minimum Gasteiger partial charge on any atom is -0.491 e. The lowest BCUT2D eigenvalue weighted by molar-refractivity contribution is -0.0814. The lowest BCUT2D eigenvalue weighted by atomic mass is 10.3. The number of rotatable bonds is 22. The number of ether oxygens (including phenoxy) is 7. The van der Waals surface area contributed by atoms with E-state index in [1.165, 1.54) is 0 Å². The zero-order valence-corrected chi connectivity index (χ0v) is 22.4. The van der Waals surface area contributed by atoms with Gasteiger partial charge in [0.1, 0.15) is 12.4 Å². The van der Waals surface area contributed by atoms with Gasteiger partial charge in [0.15, 0.2) is 0 Å². The number of hydrogen-bond donors (Lipinski definition) is 3. The molecule has 0 aliphatic heterocycles. The molecule has 0 aromatic heterocycles. The maximum Gasteiger partial charge on any atom is 0.119 e. The second-order valence-corrected chi connectivity index (χ2v) is 8.19. The van der Waals surface area contributed by atoms with E-state index in [2.05, 4.69) is 0 Å². The van der Waals surface area contributed by atoms with Gasteiger partial charge in [-0.1, -0.05) is 18.2 Å². The fourth-order valence-corrected chi connectivity index (χ4v) is 2.45. The molecule has 0 aliphatic carbocycles. The molecular weight excluding hydrogens is 472 g/mol. The Morgan fingerprint density at radius 1 is 0.583 bits per heavy atom. The molecule has 0 saturated carbocycles. The molecule has 0 bridgehead atoms. The quantitative estimate of drug-likeness (QED) is 0.195. The van der Waals surface area contributed by atoms with Crippen LogP contribution in [0.5, 0.6) is 5.75 Å². The summed E-state index contributed by atoms with van der Waals surface area (Å²) in [5.74, 6) is 0.844. The topological polar surface area (TPSA) is 125 Å². The van der Waals surface area contributed by atoms with Gasteiger partial charge in [-0.2, -0.15) is 0 Å². The number of aliphatic hydroxyl groups is 3. The fraction of sp³-hybridized carbons (Fsp3) is 0.769. The van der Waals surface area contributed by atoms with Crippen molar-refractivity contribution in [1.82, 2.24) is 0 Å². The third-order valence-corrected chi connectivity index (χ3v) is 4.30. The van der Waals surface area contributed by atoms with Crippen molar-refractivity contribution in [2.75, 3.05) is 79.3 Å². The molecule has 1 rings (SSSR count). The summed E-state index contributed by atoms with van der Waals surface area (Å²) in [6, 6.07) is 9.69. The maximum absolute atomic E-state index is 9.16. The standard InChI is InChI=1S/C18H30O5.C8H18O5/c1-14(19)10-20-15(2)11-21-16(3)12-22-17(4)13-23-18-8-6-5-7-9-18;9-1-3-11-5-7-13-8-6-12-4-2-10/h5-9,14-17,19H,10-13H2,1-4H3;9-10H,1-8H2. The Morgan fingerprint density at radius 3 is 1.44 bits per heavy atom. The van der Waals surface area contributed by atoms with E-state index in [1.807, 2.05) is 51.1 Å². The summed E-state index contributed by atoms with van der Waals surface area (Å²) < 4.78 is 37.5. The molecule has 10 heteroatoms. The Hall–Kier alpha value is -1.34. The zero-order valence-electron chi connectivity index (χ0n) is 22.4. The van der Waals surface area contributed by atoms with Gasteiger partial charge in [-0.15, -0.1) is 0 Å². The SMILES string of the molecule is CC(O)COC(C)COC(C)COC(C)COc1ccccc1.OCCOCCOCCOCCO. The van der Waals surface area contributed by atoms with Gasteiger partial charge in [0.05, 0.1) is 97.1 Å². The van der Waals surface area contributed by atoms with Gasteiger partial charge in [-0.05, 0) is 39.8 Å². The monoisotopic (exact) mass is 520 g/mol. The van der Waals surface area contributed by atoms with Gasteiger partial charge in [-0.25, -0.2) is 0 Å². The number of hydrogen-bond acceptors (Lipinski definition) is 10. The molecule has 1 aromatic rings. The van der Waals surface area contributed by atoms with E-state index in [-0.39, 0.29) is 31.5 Å². The first-order valence-corrected chi connectivity index (χ1v) is 12.5. The highest BCUT2D eigenvalue weighted by atomic mass is 16.6. The molecule has 4 unspecified atom stereocenters. The van der Waals surface area contributed by atoms with Crippen LogP contribution in [-0.4, -0.2) is 119 Å². The second kappa shape index (κ2) is 25.3. The second-order valence-electron chi connectivity index (χ2n) is 8.19. The normalized spacial score (nSPS) is 14.4. The van der Waals surface area contributed by atoms with Gasteiger partial charge in [0.2, 0.25) is 0 Å². The molecule has 3 N–H and O–H groups in total. The first-order valence-electron chi connectivity index (χ1n) is 12.5. The van der Waals surface area contributed by atoms with E-state index >= 15 is 0 Å². The summed E-state index contributed by atoms with van der Waals surface area (Å²) in [5, 5.41) is 25.9. The van der Waals surface area contributed by atoms with Crippen molar-refractivity contribution in [1.29, 1.82) is 0 Å². The zero-order chi connectivity index (χ0) is 26.9. The van der Waals surface area contributed by atoms with Crippen LogP contribution >= 0.6 is 0 Å². The first-order chi connectivity index (χ1) is 17.4. The number of aliphatic hydroxyl groups excluding tert-OH is 3. The Balaban J connectivity index is 0.000000802. The van der Waals surface area contributed by atoms with Crippen LogP contribution in [0.2, 0.25) is 0 Å². The Kier molecular flexibility index (Phi) is 24.4. The third-order valence-electron chi connectivity index (χ3n) is 4.30. The Bertz CT molecular complexity index is 551. The average molecular weight is 521 g/mol. The highest BCUT2D eigenvalue weighted by Gasteiger charge is 2.11. The average Bonchev–Trinajstić information content (AvgIpc) is 2.88. The molecule has 0 fully saturated rings. The van der Waals surface area contributed by atoms with Crippen LogP contribution in [0, 0.1) is 0 Å².